The highest BCUT2D eigenvalue weighted by Crippen LogP contribution is 2.32. The smallest absolute Gasteiger partial charge is 0.356 e. The second-order valence-electron chi connectivity index (χ2n) is 3.92. The molecule has 1 aromatic carbocycles. The zero-order valence-corrected chi connectivity index (χ0v) is 10.9. The number of hydrogen-bond acceptors (Lipinski definition) is 3. The number of anilines is 1. The summed E-state index contributed by atoms with van der Waals surface area (Å²) in [5, 5.41) is 2.96. The monoisotopic (exact) mass is 304 g/mol. The number of alkyl halides is 3. The van der Waals surface area contributed by atoms with Gasteiger partial charge in [0.2, 0.25) is 5.91 Å². The van der Waals surface area contributed by atoms with Gasteiger partial charge in [-0.25, -0.2) is 4.42 Å². The molecule has 20 heavy (non-hydrogen) atoms. The van der Waals surface area contributed by atoms with Gasteiger partial charge in [0, 0.05) is 30.3 Å². The number of nitrogens with zero attached hydrogens (tertiary/aromatic N) is 2. The summed E-state index contributed by atoms with van der Waals surface area (Å²) in [6.45, 7) is 1.26. The fourth-order valence-corrected chi connectivity index (χ4v) is 1.61. The molecule has 2 aromatic rings. The summed E-state index contributed by atoms with van der Waals surface area (Å²) in [6, 6.07) is 6.81. The molecule has 1 heterocycles. The van der Waals surface area contributed by atoms with Crippen LogP contribution < -0.4 is 4.42 Å². The molecule has 0 aliphatic heterocycles. The lowest BCUT2D eigenvalue weighted by atomic mass is 10.1. The van der Waals surface area contributed by atoms with Crippen molar-refractivity contribution in [3.05, 3.63) is 36.0 Å². The van der Waals surface area contributed by atoms with Crippen LogP contribution in [0.25, 0.3) is 11.3 Å². The lowest BCUT2D eigenvalue weighted by Crippen LogP contribution is -2.16. The van der Waals surface area contributed by atoms with Crippen molar-refractivity contribution in [3.63, 3.8) is 0 Å². The van der Waals surface area contributed by atoms with Gasteiger partial charge in [-0.2, -0.15) is 13.2 Å². The first kappa shape index (κ1) is 14.4. The predicted molar refractivity (Wildman–Crippen MR) is 66.0 cm³/mol. The van der Waals surface area contributed by atoms with E-state index in [-0.39, 0.29) is 5.76 Å². The Balaban J connectivity index is 2.36. The number of carbonyl (C=O) groups excluding carboxylic acids is 1. The summed E-state index contributed by atoms with van der Waals surface area (Å²) >= 11 is 5.74. The summed E-state index contributed by atoms with van der Waals surface area (Å²) in [5.41, 5.74) is -0.466. The molecule has 2 rings (SSSR count). The Labute approximate surface area is 116 Å². The lowest BCUT2D eigenvalue weighted by Gasteiger charge is -2.11. The molecule has 0 N–H and O–H groups in total. The van der Waals surface area contributed by atoms with Gasteiger partial charge in [-0.15, -0.1) is 0 Å². The van der Waals surface area contributed by atoms with Crippen molar-refractivity contribution in [2.24, 2.45) is 0 Å². The van der Waals surface area contributed by atoms with Crippen LogP contribution in [0, 0.1) is 0 Å². The van der Waals surface area contributed by atoms with Crippen LogP contribution in [0.2, 0.25) is 0 Å². The molecule has 0 atom stereocenters. The fourth-order valence-electron chi connectivity index (χ4n) is 1.51. The number of benzene rings is 1. The summed E-state index contributed by atoms with van der Waals surface area (Å²) in [7, 11) is 0. The first-order chi connectivity index (χ1) is 9.29. The third-order valence-corrected chi connectivity index (χ3v) is 2.87. The second kappa shape index (κ2) is 5.16. The van der Waals surface area contributed by atoms with E-state index in [1.165, 1.54) is 19.1 Å². The van der Waals surface area contributed by atoms with Crippen molar-refractivity contribution in [3.8, 4) is 11.3 Å². The fraction of sp³-hybridized carbons (Fsp3) is 0.167. The van der Waals surface area contributed by atoms with Crippen molar-refractivity contribution in [2.45, 2.75) is 13.1 Å². The van der Waals surface area contributed by atoms with Gasteiger partial charge in [-0.05, 0) is 12.1 Å². The van der Waals surface area contributed by atoms with E-state index in [4.69, 9.17) is 11.8 Å². The van der Waals surface area contributed by atoms with E-state index >= 15 is 0 Å². The van der Waals surface area contributed by atoms with Crippen molar-refractivity contribution in [1.82, 2.24) is 5.16 Å². The molecule has 0 saturated heterocycles. The maximum absolute atomic E-state index is 12.4. The maximum atomic E-state index is 12.4. The van der Waals surface area contributed by atoms with E-state index in [0.717, 1.165) is 10.5 Å². The molecular weight excluding hydrogens is 297 g/mol. The number of carbonyl (C=O) groups is 1. The van der Waals surface area contributed by atoms with Crippen molar-refractivity contribution in [2.75, 3.05) is 4.42 Å². The molecule has 0 saturated carbocycles. The van der Waals surface area contributed by atoms with Crippen LogP contribution in [-0.2, 0) is 11.0 Å². The van der Waals surface area contributed by atoms with Crippen molar-refractivity contribution in [1.29, 1.82) is 0 Å². The minimum Gasteiger partial charge on any atom is -0.356 e. The largest absolute Gasteiger partial charge is 0.436 e. The highest BCUT2D eigenvalue weighted by Gasteiger charge is 2.35. The Bertz CT molecular complexity index is 640. The third-order valence-electron chi connectivity index (χ3n) is 2.43. The summed E-state index contributed by atoms with van der Waals surface area (Å²) in [6.07, 6.45) is -4.57. The normalized spacial score (nSPS) is 11.4. The highest BCUT2D eigenvalue weighted by molar-refractivity contribution is 6.36. The Morgan fingerprint density at radius 3 is 2.60 bits per heavy atom. The van der Waals surface area contributed by atoms with Gasteiger partial charge < -0.3 is 4.52 Å². The number of amides is 1. The molecule has 4 nitrogen and oxygen atoms in total. The van der Waals surface area contributed by atoms with Crippen LogP contribution in [0.15, 0.2) is 34.9 Å². The Morgan fingerprint density at radius 2 is 2.05 bits per heavy atom. The number of rotatable bonds is 2. The zero-order chi connectivity index (χ0) is 14.9. The lowest BCUT2D eigenvalue weighted by molar-refractivity contribution is -0.142. The first-order valence-electron chi connectivity index (χ1n) is 5.40. The van der Waals surface area contributed by atoms with E-state index < -0.39 is 17.8 Å². The molecule has 0 bridgehead atoms. The standard InChI is InChI=1S/C12H8ClF3N2O2/c1-7(19)18(13)9-4-2-3-8(5-9)10-6-11(17-20-10)12(14,15)16/h2-6H,1H3. The number of hydrogen-bond donors (Lipinski definition) is 0. The van der Waals surface area contributed by atoms with Crippen molar-refractivity contribution >= 4 is 23.4 Å². The van der Waals surface area contributed by atoms with E-state index in [1.54, 1.807) is 12.1 Å². The van der Waals surface area contributed by atoms with Crippen LogP contribution >= 0.6 is 11.8 Å². The molecule has 1 amide bonds. The van der Waals surface area contributed by atoms with Gasteiger partial charge >= 0.3 is 6.18 Å². The van der Waals surface area contributed by atoms with Gasteiger partial charge in [0.15, 0.2) is 11.5 Å². The highest BCUT2D eigenvalue weighted by atomic mass is 35.5. The molecule has 0 unspecified atom stereocenters. The van der Waals surface area contributed by atoms with Crippen molar-refractivity contribution < 1.29 is 22.5 Å². The van der Waals surface area contributed by atoms with Crippen LogP contribution in [0.4, 0.5) is 18.9 Å². The SMILES string of the molecule is CC(=O)N(Cl)c1cccc(-c2cc(C(F)(F)F)no2)c1. The second-order valence-corrected chi connectivity index (χ2v) is 4.26. The minimum atomic E-state index is -4.57. The molecule has 1 aromatic heterocycles. The van der Waals surface area contributed by atoms with Crippen LogP contribution in [0.3, 0.4) is 0 Å². The molecule has 0 radical (unpaired) electrons. The third kappa shape index (κ3) is 2.93. The van der Waals surface area contributed by atoms with E-state index in [0.29, 0.717) is 11.3 Å². The van der Waals surface area contributed by atoms with Crippen LogP contribution in [-0.4, -0.2) is 11.1 Å². The average molecular weight is 305 g/mol. The topological polar surface area (TPSA) is 46.3 Å². The average Bonchev–Trinajstić information content (AvgIpc) is 2.87. The summed E-state index contributed by atoms with van der Waals surface area (Å²) in [5.74, 6) is -0.481. The maximum Gasteiger partial charge on any atom is 0.436 e. The van der Waals surface area contributed by atoms with E-state index in [1.807, 2.05) is 0 Å². The molecule has 0 aliphatic carbocycles. The molecule has 106 valence electrons. The summed E-state index contributed by atoms with van der Waals surface area (Å²) < 4.78 is 42.8. The quantitative estimate of drug-likeness (QED) is 0.791. The molecule has 0 aliphatic rings. The Kier molecular flexibility index (Phi) is 3.71. The van der Waals surface area contributed by atoms with E-state index in [2.05, 4.69) is 9.68 Å². The molecule has 8 heteroatoms. The Morgan fingerprint density at radius 1 is 1.35 bits per heavy atom. The number of aromatic nitrogens is 1. The van der Waals surface area contributed by atoms with Crippen LogP contribution in [0.5, 0.6) is 0 Å². The first-order valence-corrected chi connectivity index (χ1v) is 5.73. The minimum absolute atomic E-state index is 0.0622. The van der Waals surface area contributed by atoms with Gasteiger partial charge in [-0.1, -0.05) is 17.3 Å². The zero-order valence-electron chi connectivity index (χ0n) is 10.1. The molecular formula is C12H8ClF3N2O2. The van der Waals surface area contributed by atoms with Gasteiger partial charge in [0.1, 0.15) is 0 Å². The van der Waals surface area contributed by atoms with Gasteiger partial charge in [0.05, 0.1) is 5.69 Å². The summed E-state index contributed by atoms with van der Waals surface area (Å²) in [4.78, 5) is 11.1. The Hall–Kier alpha value is -2.02. The van der Waals surface area contributed by atoms with E-state index in [9.17, 15) is 18.0 Å². The van der Waals surface area contributed by atoms with Gasteiger partial charge in [-0.3, -0.25) is 4.79 Å². The van der Waals surface area contributed by atoms with Gasteiger partial charge in [0.25, 0.3) is 0 Å². The predicted octanol–water partition coefficient (Wildman–Crippen LogP) is 3.87. The molecule has 0 fully saturated rings. The van der Waals surface area contributed by atoms with Crippen LogP contribution in [0.1, 0.15) is 12.6 Å². The molecule has 0 spiro atoms. The number of halogens is 4.